The quantitative estimate of drug-likeness (QED) is 0.0269. The van der Waals surface area contributed by atoms with E-state index in [1.807, 2.05) is 0 Å². The van der Waals surface area contributed by atoms with Gasteiger partial charge in [0, 0.05) is 0 Å². The van der Waals surface area contributed by atoms with Crippen molar-refractivity contribution in [2.45, 2.75) is 229 Å². The number of aliphatic hydroxyl groups is 7. The molecule has 1 rings (SSSR count). The molecule has 54 heavy (non-hydrogen) atoms. The van der Waals surface area contributed by atoms with Crippen molar-refractivity contribution in [2.24, 2.45) is 0 Å². The largest absolute Gasteiger partial charge is 0.394 e. The topological polar surface area (TPSA) is 189 Å². The van der Waals surface area contributed by atoms with Crippen LogP contribution in [0.4, 0.5) is 0 Å². The van der Waals surface area contributed by atoms with Crippen LogP contribution < -0.4 is 5.32 Å². The zero-order valence-corrected chi connectivity index (χ0v) is 34.0. The maximum absolute atomic E-state index is 13.0. The molecule has 1 aliphatic heterocycles. The molecule has 8 N–H and O–H groups in total. The molecule has 0 spiro atoms. The van der Waals surface area contributed by atoms with Gasteiger partial charge in [0.1, 0.15) is 36.6 Å². The van der Waals surface area contributed by atoms with E-state index in [1.165, 1.54) is 77.0 Å². The van der Waals surface area contributed by atoms with E-state index in [0.29, 0.717) is 12.8 Å². The minimum atomic E-state index is -1.67. The summed E-state index contributed by atoms with van der Waals surface area (Å²) in [5.41, 5.74) is 0. The van der Waals surface area contributed by atoms with Gasteiger partial charge in [-0.25, -0.2) is 0 Å². The first-order chi connectivity index (χ1) is 26.2. The molecular weight excluding hydrogens is 690 g/mol. The predicted molar refractivity (Wildman–Crippen MR) is 215 cm³/mol. The number of nitrogens with one attached hydrogen (secondary N) is 1. The molecule has 0 aromatic rings. The van der Waals surface area contributed by atoms with Crippen molar-refractivity contribution < 1.29 is 50.0 Å². The molecule has 0 aliphatic carbocycles. The van der Waals surface area contributed by atoms with Crippen molar-refractivity contribution in [3.8, 4) is 0 Å². The fraction of sp³-hybridized carbons (Fsp3) is 0.884. The highest BCUT2D eigenvalue weighted by molar-refractivity contribution is 5.80. The van der Waals surface area contributed by atoms with Crippen LogP contribution >= 0.6 is 0 Å². The normalized spacial score (nSPS) is 22.9. The summed E-state index contributed by atoms with van der Waals surface area (Å²) in [5, 5.41) is 75.3. The Kier molecular flexibility index (Phi) is 31.6. The highest BCUT2D eigenvalue weighted by Gasteiger charge is 2.44. The second-order valence-electron chi connectivity index (χ2n) is 15.4. The predicted octanol–water partition coefficient (Wildman–Crippen LogP) is 6.28. The average Bonchev–Trinajstić information content (AvgIpc) is 3.17. The highest BCUT2D eigenvalue weighted by atomic mass is 16.7. The maximum Gasteiger partial charge on any atom is 0.249 e. The molecule has 0 bridgehead atoms. The van der Waals surface area contributed by atoms with Gasteiger partial charge in [0.15, 0.2) is 6.29 Å². The van der Waals surface area contributed by atoms with E-state index >= 15 is 0 Å². The van der Waals surface area contributed by atoms with Crippen molar-refractivity contribution in [1.29, 1.82) is 0 Å². The molecule has 1 amide bonds. The van der Waals surface area contributed by atoms with Gasteiger partial charge in [-0.3, -0.25) is 4.79 Å². The summed E-state index contributed by atoms with van der Waals surface area (Å²) >= 11 is 0. The number of amides is 1. The third-order valence-corrected chi connectivity index (χ3v) is 10.5. The number of ether oxygens (including phenoxy) is 2. The Morgan fingerprint density at radius 3 is 1.61 bits per heavy atom. The van der Waals surface area contributed by atoms with E-state index in [0.717, 1.165) is 57.8 Å². The molecule has 0 radical (unpaired) electrons. The first-order valence-corrected chi connectivity index (χ1v) is 21.7. The van der Waals surface area contributed by atoms with Gasteiger partial charge in [0.05, 0.1) is 25.4 Å². The number of aliphatic hydroxyl groups excluding tert-OH is 7. The summed E-state index contributed by atoms with van der Waals surface area (Å²) in [6.45, 7) is 3.36. The van der Waals surface area contributed by atoms with Crippen LogP contribution in [0.15, 0.2) is 24.3 Å². The Morgan fingerprint density at radius 1 is 0.630 bits per heavy atom. The summed E-state index contributed by atoms with van der Waals surface area (Å²) in [6.07, 6.45) is 23.9. The number of hydrogen-bond donors (Lipinski definition) is 8. The highest BCUT2D eigenvalue weighted by Crippen LogP contribution is 2.23. The van der Waals surface area contributed by atoms with E-state index in [4.69, 9.17) is 9.47 Å². The number of carbonyl (C=O) groups excluding carboxylic acids is 1. The molecule has 1 saturated heterocycles. The van der Waals surface area contributed by atoms with Gasteiger partial charge in [-0.2, -0.15) is 0 Å². The molecule has 0 saturated carbocycles. The number of hydrogen-bond acceptors (Lipinski definition) is 10. The van der Waals surface area contributed by atoms with E-state index < -0.39 is 74.2 Å². The van der Waals surface area contributed by atoms with E-state index in [2.05, 4.69) is 43.5 Å². The average molecular weight is 772 g/mol. The Labute approximate surface area is 327 Å². The third-order valence-electron chi connectivity index (χ3n) is 10.5. The first kappa shape index (κ1) is 50.6. The Balaban J connectivity index is 2.46. The summed E-state index contributed by atoms with van der Waals surface area (Å²) in [7, 11) is 0. The van der Waals surface area contributed by atoms with Gasteiger partial charge in [-0.05, 0) is 64.2 Å². The van der Waals surface area contributed by atoms with Gasteiger partial charge in [0.2, 0.25) is 5.91 Å². The fourth-order valence-corrected chi connectivity index (χ4v) is 6.79. The fourth-order valence-electron chi connectivity index (χ4n) is 6.79. The standard InChI is InChI=1S/C43H81NO10/c1-3-5-7-9-11-13-14-15-16-17-18-19-20-21-23-25-27-29-31-36(47)42(52)44-34(33-53-43-41(51)40(50)39(49)37(32-45)54-43)38(48)35(46)30-28-26-24-22-12-10-8-6-4-2/h17-18,22,24,34-41,43,45-51H,3-16,19-21,23,25-33H2,1-2H3,(H,44,52)/b18-17-,24-22+. The molecule has 0 aromatic carbocycles. The smallest absolute Gasteiger partial charge is 0.249 e. The van der Waals surface area contributed by atoms with Gasteiger partial charge in [-0.1, -0.05) is 134 Å². The Morgan fingerprint density at radius 2 is 1.09 bits per heavy atom. The van der Waals surface area contributed by atoms with Gasteiger partial charge in [0.25, 0.3) is 0 Å². The summed E-state index contributed by atoms with van der Waals surface area (Å²) in [5.74, 6) is -0.714. The van der Waals surface area contributed by atoms with Crippen molar-refractivity contribution in [3.05, 3.63) is 24.3 Å². The van der Waals surface area contributed by atoms with Gasteiger partial charge < -0.3 is 50.5 Å². The van der Waals surface area contributed by atoms with Gasteiger partial charge >= 0.3 is 0 Å². The van der Waals surface area contributed by atoms with E-state index in [1.54, 1.807) is 0 Å². The molecule has 1 fully saturated rings. The zero-order valence-electron chi connectivity index (χ0n) is 34.0. The molecule has 9 unspecified atom stereocenters. The molecule has 11 nitrogen and oxygen atoms in total. The van der Waals surface area contributed by atoms with Crippen molar-refractivity contribution in [1.82, 2.24) is 5.32 Å². The van der Waals surface area contributed by atoms with Crippen LogP contribution in [0.1, 0.15) is 174 Å². The van der Waals surface area contributed by atoms with Crippen LogP contribution in [0.3, 0.4) is 0 Å². The maximum atomic E-state index is 13.0. The molecule has 9 atom stereocenters. The number of allylic oxidation sites excluding steroid dienone is 4. The van der Waals surface area contributed by atoms with Crippen LogP contribution in [-0.4, -0.2) is 110 Å². The minimum absolute atomic E-state index is 0.247. The second kappa shape index (κ2) is 33.7. The Hall–Kier alpha value is -1.41. The monoisotopic (exact) mass is 772 g/mol. The SMILES string of the molecule is CCCCCC/C=C/CCCC(O)C(O)C(COC1OC(CO)C(O)C(O)C1O)NC(=O)C(O)CCCCCCCC/C=C\CCCCCCCCCC. The molecule has 318 valence electrons. The van der Waals surface area contributed by atoms with E-state index in [9.17, 15) is 40.5 Å². The Bertz CT molecular complexity index is 934. The van der Waals surface area contributed by atoms with E-state index in [-0.39, 0.29) is 12.8 Å². The van der Waals surface area contributed by atoms with Crippen LogP contribution in [0.5, 0.6) is 0 Å². The van der Waals surface area contributed by atoms with Crippen LogP contribution in [0.2, 0.25) is 0 Å². The second-order valence-corrected chi connectivity index (χ2v) is 15.4. The lowest BCUT2D eigenvalue weighted by molar-refractivity contribution is -0.303. The number of unbranched alkanes of at least 4 members (excludes halogenated alkanes) is 19. The minimum Gasteiger partial charge on any atom is -0.394 e. The third kappa shape index (κ3) is 23.6. The summed E-state index contributed by atoms with van der Waals surface area (Å²) < 4.78 is 11.0. The summed E-state index contributed by atoms with van der Waals surface area (Å²) in [6, 6.07) is -1.18. The summed E-state index contributed by atoms with van der Waals surface area (Å²) in [4.78, 5) is 13.0. The molecule has 11 heteroatoms. The molecular formula is C43H81NO10. The van der Waals surface area contributed by atoms with Crippen molar-refractivity contribution in [2.75, 3.05) is 13.2 Å². The lowest BCUT2D eigenvalue weighted by Gasteiger charge is -2.40. The number of rotatable bonds is 35. The van der Waals surface area contributed by atoms with Crippen LogP contribution in [-0.2, 0) is 14.3 Å². The lowest BCUT2D eigenvalue weighted by Crippen LogP contribution is -2.60. The molecule has 1 heterocycles. The van der Waals surface area contributed by atoms with Crippen molar-refractivity contribution in [3.63, 3.8) is 0 Å². The lowest BCUT2D eigenvalue weighted by atomic mass is 9.98. The first-order valence-electron chi connectivity index (χ1n) is 21.7. The van der Waals surface area contributed by atoms with Crippen LogP contribution in [0, 0.1) is 0 Å². The van der Waals surface area contributed by atoms with Crippen LogP contribution in [0.25, 0.3) is 0 Å². The number of carbonyl (C=O) groups is 1. The van der Waals surface area contributed by atoms with Crippen molar-refractivity contribution >= 4 is 5.91 Å². The molecule has 1 aliphatic rings. The molecule has 0 aromatic heterocycles. The zero-order chi connectivity index (χ0) is 39.8. The van der Waals surface area contributed by atoms with Gasteiger partial charge in [-0.15, -0.1) is 0 Å².